The van der Waals surface area contributed by atoms with Gasteiger partial charge in [-0.2, -0.15) is 0 Å². The molecule has 64 valence electrons. The van der Waals surface area contributed by atoms with Crippen LogP contribution in [0.25, 0.3) is 0 Å². The van der Waals surface area contributed by atoms with Gasteiger partial charge in [0.25, 0.3) is 0 Å². The van der Waals surface area contributed by atoms with Crippen LogP contribution in [0.2, 0.25) is 0 Å². The molecule has 0 aromatic rings. The maximum Gasteiger partial charge on any atom is 0.0223 e. The van der Waals surface area contributed by atoms with Gasteiger partial charge in [0.15, 0.2) is 0 Å². The van der Waals surface area contributed by atoms with E-state index in [9.17, 15) is 0 Å². The summed E-state index contributed by atoms with van der Waals surface area (Å²) in [6.07, 6.45) is 4.20. The van der Waals surface area contributed by atoms with Crippen LogP contribution in [0.5, 0.6) is 0 Å². The Morgan fingerprint density at radius 3 is 2.73 bits per heavy atom. The van der Waals surface area contributed by atoms with Crippen molar-refractivity contribution < 1.29 is 0 Å². The summed E-state index contributed by atoms with van der Waals surface area (Å²) >= 11 is 0. The van der Waals surface area contributed by atoms with Crippen molar-refractivity contribution in [2.45, 2.75) is 38.3 Å². The van der Waals surface area contributed by atoms with Crippen LogP contribution in [0.4, 0.5) is 0 Å². The van der Waals surface area contributed by atoms with Gasteiger partial charge >= 0.3 is 0 Å². The Labute approximate surface area is 69.0 Å². The van der Waals surface area contributed by atoms with Crippen molar-refractivity contribution in [1.82, 2.24) is 10.2 Å². The van der Waals surface area contributed by atoms with Crippen molar-refractivity contribution in [2.75, 3.05) is 19.6 Å². The van der Waals surface area contributed by atoms with Gasteiger partial charge in [-0.3, -0.25) is 4.90 Å². The average Bonchev–Trinajstić information content (AvgIpc) is 2.04. The van der Waals surface area contributed by atoms with Crippen LogP contribution in [0.1, 0.15) is 26.2 Å². The van der Waals surface area contributed by atoms with Crippen LogP contribution in [0.15, 0.2) is 0 Å². The molecule has 2 saturated heterocycles. The molecule has 2 unspecified atom stereocenters. The summed E-state index contributed by atoms with van der Waals surface area (Å²) in [5.74, 6) is 0. The summed E-state index contributed by atoms with van der Waals surface area (Å²) in [4.78, 5) is 2.64. The van der Waals surface area contributed by atoms with Crippen molar-refractivity contribution in [3.8, 4) is 0 Å². The third-order valence-corrected chi connectivity index (χ3v) is 3.11. The molecule has 0 aromatic heterocycles. The zero-order valence-electron chi connectivity index (χ0n) is 7.34. The number of hydrogen-bond acceptors (Lipinski definition) is 2. The molecule has 2 nitrogen and oxygen atoms in total. The van der Waals surface area contributed by atoms with Gasteiger partial charge in [0.2, 0.25) is 0 Å². The summed E-state index contributed by atoms with van der Waals surface area (Å²) in [6, 6.07) is 1.72. The van der Waals surface area contributed by atoms with E-state index in [1.165, 1.54) is 38.9 Å². The van der Waals surface area contributed by atoms with E-state index < -0.39 is 0 Å². The van der Waals surface area contributed by atoms with Gasteiger partial charge in [0, 0.05) is 25.2 Å². The lowest BCUT2D eigenvalue weighted by molar-refractivity contribution is 0.0406. The van der Waals surface area contributed by atoms with E-state index in [1.54, 1.807) is 0 Å². The number of rotatable bonds is 1. The monoisotopic (exact) mass is 154 g/mol. The van der Waals surface area contributed by atoms with Gasteiger partial charge in [-0.15, -0.1) is 0 Å². The number of nitrogens with zero attached hydrogens (tertiary/aromatic N) is 1. The molecule has 0 radical (unpaired) electrons. The molecular formula is C9H18N2. The molecule has 2 heterocycles. The first-order valence-electron chi connectivity index (χ1n) is 4.84. The first-order valence-corrected chi connectivity index (χ1v) is 4.84. The number of hydrogen-bond donors (Lipinski definition) is 1. The SMILES string of the molecule is CC1CCN1C1CCCNC1. The van der Waals surface area contributed by atoms with Crippen molar-refractivity contribution in [3.05, 3.63) is 0 Å². The first-order chi connectivity index (χ1) is 5.38. The zero-order valence-corrected chi connectivity index (χ0v) is 7.34. The summed E-state index contributed by atoms with van der Waals surface area (Å²) in [5, 5.41) is 3.46. The highest BCUT2D eigenvalue weighted by Gasteiger charge is 2.30. The van der Waals surface area contributed by atoms with E-state index in [1.807, 2.05) is 0 Å². The Kier molecular flexibility index (Phi) is 2.14. The highest BCUT2D eigenvalue weighted by molar-refractivity contribution is 4.88. The molecule has 0 amide bonds. The average molecular weight is 154 g/mol. The minimum Gasteiger partial charge on any atom is -0.315 e. The largest absolute Gasteiger partial charge is 0.315 e. The third-order valence-electron chi connectivity index (χ3n) is 3.11. The summed E-state index contributed by atoms with van der Waals surface area (Å²) < 4.78 is 0. The van der Waals surface area contributed by atoms with Crippen LogP contribution < -0.4 is 5.32 Å². The standard InChI is InChI=1S/C9H18N2/c1-8-4-6-11(8)9-3-2-5-10-7-9/h8-10H,2-7H2,1H3. The Bertz CT molecular complexity index is 130. The lowest BCUT2D eigenvalue weighted by Gasteiger charge is -2.46. The molecule has 11 heavy (non-hydrogen) atoms. The van der Waals surface area contributed by atoms with E-state index >= 15 is 0 Å². The van der Waals surface area contributed by atoms with Gasteiger partial charge in [-0.1, -0.05) is 0 Å². The fourth-order valence-electron chi connectivity index (χ4n) is 2.20. The van der Waals surface area contributed by atoms with Crippen LogP contribution in [0.3, 0.4) is 0 Å². The normalized spacial score (nSPS) is 40.1. The molecule has 2 aliphatic heterocycles. The molecule has 2 aliphatic rings. The summed E-state index contributed by atoms with van der Waals surface area (Å²) in [5.41, 5.74) is 0. The number of likely N-dealkylation sites (tertiary alicyclic amines) is 1. The van der Waals surface area contributed by atoms with Crippen LogP contribution in [-0.4, -0.2) is 36.6 Å². The summed E-state index contributed by atoms with van der Waals surface area (Å²) in [7, 11) is 0. The molecule has 1 N–H and O–H groups in total. The highest BCUT2D eigenvalue weighted by atomic mass is 15.2. The maximum atomic E-state index is 3.46. The van der Waals surface area contributed by atoms with E-state index in [4.69, 9.17) is 0 Å². The van der Waals surface area contributed by atoms with E-state index in [0.29, 0.717) is 0 Å². The molecule has 0 aromatic carbocycles. The molecule has 0 bridgehead atoms. The van der Waals surface area contributed by atoms with Gasteiger partial charge < -0.3 is 5.32 Å². The number of nitrogens with one attached hydrogen (secondary N) is 1. The second kappa shape index (κ2) is 3.11. The summed E-state index contributed by atoms with van der Waals surface area (Å²) in [6.45, 7) is 6.15. The zero-order chi connectivity index (χ0) is 7.68. The Hall–Kier alpha value is -0.0800. The van der Waals surface area contributed by atoms with Gasteiger partial charge in [-0.05, 0) is 32.7 Å². The maximum absolute atomic E-state index is 3.46. The fraction of sp³-hybridized carbons (Fsp3) is 1.00. The highest BCUT2D eigenvalue weighted by Crippen LogP contribution is 2.23. The Morgan fingerprint density at radius 1 is 1.36 bits per heavy atom. The minimum atomic E-state index is 0.854. The predicted octanol–water partition coefficient (Wildman–Crippen LogP) is 0.833. The number of piperidine rings is 1. The lowest BCUT2D eigenvalue weighted by atomic mass is 9.97. The van der Waals surface area contributed by atoms with Crippen LogP contribution >= 0.6 is 0 Å². The Morgan fingerprint density at radius 2 is 2.27 bits per heavy atom. The molecular weight excluding hydrogens is 136 g/mol. The molecule has 0 spiro atoms. The van der Waals surface area contributed by atoms with Crippen molar-refractivity contribution in [3.63, 3.8) is 0 Å². The molecule has 2 fully saturated rings. The topological polar surface area (TPSA) is 15.3 Å². The van der Waals surface area contributed by atoms with Crippen molar-refractivity contribution in [2.24, 2.45) is 0 Å². The van der Waals surface area contributed by atoms with Crippen LogP contribution in [-0.2, 0) is 0 Å². The molecule has 0 saturated carbocycles. The molecule has 0 aliphatic carbocycles. The smallest absolute Gasteiger partial charge is 0.0223 e. The van der Waals surface area contributed by atoms with E-state index in [-0.39, 0.29) is 0 Å². The predicted molar refractivity (Wildman–Crippen MR) is 46.7 cm³/mol. The first kappa shape index (κ1) is 7.56. The molecule has 2 heteroatoms. The second-order valence-corrected chi connectivity index (χ2v) is 3.88. The minimum absolute atomic E-state index is 0.854. The fourth-order valence-corrected chi connectivity index (χ4v) is 2.20. The van der Waals surface area contributed by atoms with E-state index in [2.05, 4.69) is 17.1 Å². The lowest BCUT2D eigenvalue weighted by Crippen LogP contribution is -2.56. The molecule has 2 rings (SSSR count). The Balaban J connectivity index is 1.83. The van der Waals surface area contributed by atoms with Crippen LogP contribution in [0, 0.1) is 0 Å². The third kappa shape index (κ3) is 1.42. The van der Waals surface area contributed by atoms with Crippen molar-refractivity contribution in [1.29, 1.82) is 0 Å². The van der Waals surface area contributed by atoms with Gasteiger partial charge in [0.05, 0.1) is 0 Å². The van der Waals surface area contributed by atoms with Crippen molar-refractivity contribution >= 4 is 0 Å². The van der Waals surface area contributed by atoms with E-state index in [0.717, 1.165) is 12.1 Å². The second-order valence-electron chi connectivity index (χ2n) is 3.88. The van der Waals surface area contributed by atoms with Gasteiger partial charge in [0.1, 0.15) is 0 Å². The van der Waals surface area contributed by atoms with Gasteiger partial charge in [-0.25, -0.2) is 0 Å². The quantitative estimate of drug-likeness (QED) is 0.602. The molecule has 2 atom stereocenters.